The van der Waals surface area contributed by atoms with Crippen molar-refractivity contribution < 1.29 is 13.6 Å². The molecule has 0 spiro atoms. The SMILES string of the molecule is CCN(CC)C(=O)Cc1cccc(N(c2sc3ccc(Cl)cc3c2C)S(=O)[O-])n1. The Balaban J connectivity index is 2.00. The van der Waals surface area contributed by atoms with Gasteiger partial charge in [0.05, 0.1) is 23.4 Å². The molecule has 0 aliphatic carbocycles. The summed E-state index contributed by atoms with van der Waals surface area (Å²) >= 11 is 4.88. The smallest absolute Gasteiger partial charge is 0.228 e. The van der Waals surface area contributed by atoms with Crippen molar-refractivity contribution in [2.75, 3.05) is 17.4 Å². The van der Waals surface area contributed by atoms with Crippen molar-refractivity contribution in [2.24, 2.45) is 0 Å². The molecule has 6 nitrogen and oxygen atoms in total. The van der Waals surface area contributed by atoms with Gasteiger partial charge >= 0.3 is 0 Å². The molecule has 0 saturated heterocycles. The Kier molecular flexibility index (Phi) is 6.89. The van der Waals surface area contributed by atoms with Gasteiger partial charge in [-0.1, -0.05) is 17.7 Å². The highest BCUT2D eigenvalue weighted by Crippen LogP contribution is 2.41. The maximum atomic E-state index is 12.4. The Labute approximate surface area is 181 Å². The Bertz CT molecular complexity index is 1070. The third-order valence-electron chi connectivity index (χ3n) is 4.66. The van der Waals surface area contributed by atoms with Crippen molar-refractivity contribution in [1.82, 2.24) is 9.88 Å². The Morgan fingerprint density at radius 1 is 1.24 bits per heavy atom. The molecule has 3 rings (SSSR count). The number of fused-ring (bicyclic) bond motifs is 1. The number of likely N-dealkylation sites (N-methyl/N-ethyl adjacent to an activating group) is 1. The largest absolute Gasteiger partial charge is 0.755 e. The first-order chi connectivity index (χ1) is 13.8. The molecule has 0 radical (unpaired) electrons. The highest BCUT2D eigenvalue weighted by Gasteiger charge is 2.20. The monoisotopic (exact) mass is 450 g/mol. The van der Waals surface area contributed by atoms with Crippen LogP contribution >= 0.6 is 22.9 Å². The summed E-state index contributed by atoms with van der Waals surface area (Å²) < 4.78 is 26.3. The van der Waals surface area contributed by atoms with Crippen LogP contribution in [0.5, 0.6) is 0 Å². The Morgan fingerprint density at radius 2 is 1.97 bits per heavy atom. The molecule has 2 aromatic heterocycles. The number of nitrogens with zero attached hydrogens (tertiary/aromatic N) is 3. The van der Waals surface area contributed by atoms with Gasteiger partial charge in [-0.2, -0.15) is 0 Å². The number of benzene rings is 1. The first-order valence-electron chi connectivity index (χ1n) is 9.17. The van der Waals surface area contributed by atoms with Gasteiger partial charge in [0, 0.05) is 22.8 Å². The molecule has 0 fully saturated rings. The Hall–Kier alpha value is -2.00. The molecule has 29 heavy (non-hydrogen) atoms. The zero-order chi connectivity index (χ0) is 21.1. The molecule has 1 atom stereocenters. The van der Waals surface area contributed by atoms with Crippen LogP contribution in [0.25, 0.3) is 10.1 Å². The highest BCUT2D eigenvalue weighted by molar-refractivity contribution is 7.81. The first-order valence-corrected chi connectivity index (χ1v) is 11.4. The molecule has 9 heteroatoms. The molecule has 0 N–H and O–H groups in total. The van der Waals surface area contributed by atoms with E-state index in [1.165, 1.54) is 15.6 Å². The van der Waals surface area contributed by atoms with E-state index in [0.717, 1.165) is 15.6 Å². The number of carbonyl (C=O) groups is 1. The molecule has 154 valence electrons. The number of aryl methyl sites for hydroxylation is 1. The van der Waals surface area contributed by atoms with Crippen molar-refractivity contribution in [3.05, 3.63) is 52.7 Å². The van der Waals surface area contributed by atoms with Gasteiger partial charge in [0.15, 0.2) is 0 Å². The Morgan fingerprint density at radius 3 is 2.62 bits per heavy atom. The third-order valence-corrected chi connectivity index (χ3v) is 6.93. The maximum absolute atomic E-state index is 12.4. The standard InChI is InChI=1S/C20H22ClN3O3S2/c1-4-23(5-2)19(25)12-15-7-6-8-18(22-15)24(29(26)27)20-13(3)16-11-14(21)9-10-17(16)28-20/h6-11H,4-5,12H2,1-3H3,(H,26,27)/p-1. The van der Waals surface area contributed by atoms with E-state index in [1.807, 2.05) is 32.9 Å². The fourth-order valence-corrected chi connectivity index (χ4v) is 5.24. The van der Waals surface area contributed by atoms with Gasteiger partial charge in [0.25, 0.3) is 0 Å². The first kappa shape index (κ1) is 21.7. The summed E-state index contributed by atoms with van der Waals surface area (Å²) in [5, 5.41) is 2.05. The summed E-state index contributed by atoms with van der Waals surface area (Å²) in [4.78, 5) is 18.6. The van der Waals surface area contributed by atoms with Crippen LogP contribution < -0.4 is 4.31 Å². The molecular formula is C20H21ClN3O3S2-. The summed E-state index contributed by atoms with van der Waals surface area (Å²) in [5.74, 6) is 0.214. The fraction of sp³-hybridized carbons (Fsp3) is 0.300. The van der Waals surface area contributed by atoms with E-state index < -0.39 is 11.3 Å². The second kappa shape index (κ2) is 9.21. The van der Waals surface area contributed by atoms with Crippen molar-refractivity contribution in [2.45, 2.75) is 27.2 Å². The summed E-state index contributed by atoms with van der Waals surface area (Å²) in [7, 11) is 0. The molecule has 0 aliphatic rings. The number of thiophene rings is 1. The molecule has 1 amide bonds. The second-order valence-electron chi connectivity index (χ2n) is 6.41. The van der Waals surface area contributed by atoms with E-state index in [4.69, 9.17) is 11.6 Å². The lowest BCUT2D eigenvalue weighted by Crippen LogP contribution is -2.32. The number of halogens is 1. The van der Waals surface area contributed by atoms with Crippen LogP contribution in [0.4, 0.5) is 10.8 Å². The lowest BCUT2D eigenvalue weighted by Gasteiger charge is -2.25. The number of rotatable bonds is 7. The molecule has 1 aromatic carbocycles. The van der Waals surface area contributed by atoms with Gasteiger partial charge in [0.2, 0.25) is 5.91 Å². The summed E-state index contributed by atoms with van der Waals surface area (Å²) in [6.45, 7) is 6.94. The van der Waals surface area contributed by atoms with Crippen molar-refractivity contribution in [3.63, 3.8) is 0 Å². The summed E-state index contributed by atoms with van der Waals surface area (Å²) in [6.07, 6.45) is 0.121. The molecule has 3 aromatic rings. The fourth-order valence-electron chi connectivity index (χ4n) is 3.14. The molecule has 2 heterocycles. The average molecular weight is 451 g/mol. The van der Waals surface area contributed by atoms with E-state index >= 15 is 0 Å². The van der Waals surface area contributed by atoms with Crippen LogP contribution in [0.3, 0.4) is 0 Å². The van der Waals surface area contributed by atoms with Gasteiger partial charge in [-0.25, -0.2) is 9.29 Å². The molecule has 1 unspecified atom stereocenters. The molecule has 0 bridgehead atoms. The van der Waals surface area contributed by atoms with Crippen LogP contribution in [-0.4, -0.2) is 37.6 Å². The number of anilines is 2. The van der Waals surface area contributed by atoms with Gasteiger partial charge in [-0.15, -0.1) is 11.3 Å². The van der Waals surface area contributed by atoms with Gasteiger partial charge < -0.3 is 9.45 Å². The predicted molar refractivity (Wildman–Crippen MR) is 118 cm³/mol. The van der Waals surface area contributed by atoms with Crippen LogP contribution in [0.2, 0.25) is 5.02 Å². The zero-order valence-corrected chi connectivity index (χ0v) is 18.7. The van der Waals surface area contributed by atoms with E-state index in [9.17, 15) is 13.6 Å². The minimum Gasteiger partial charge on any atom is -0.755 e. The lowest BCUT2D eigenvalue weighted by atomic mass is 10.2. The number of pyridine rings is 1. The highest BCUT2D eigenvalue weighted by atomic mass is 35.5. The van der Waals surface area contributed by atoms with E-state index in [-0.39, 0.29) is 18.1 Å². The van der Waals surface area contributed by atoms with Gasteiger partial charge in [0.1, 0.15) is 10.8 Å². The quantitative estimate of drug-likeness (QED) is 0.493. The van der Waals surface area contributed by atoms with Crippen LogP contribution in [0.15, 0.2) is 36.4 Å². The molecule has 0 saturated carbocycles. The van der Waals surface area contributed by atoms with Crippen molar-refractivity contribution >= 4 is 61.0 Å². The van der Waals surface area contributed by atoms with E-state index in [1.54, 1.807) is 29.2 Å². The normalized spacial score (nSPS) is 12.2. The van der Waals surface area contributed by atoms with Crippen LogP contribution in [0, 0.1) is 6.92 Å². The van der Waals surface area contributed by atoms with Crippen molar-refractivity contribution in [3.8, 4) is 0 Å². The second-order valence-corrected chi connectivity index (χ2v) is 8.68. The minimum absolute atomic E-state index is 0.0397. The minimum atomic E-state index is -2.58. The zero-order valence-electron chi connectivity index (χ0n) is 16.3. The number of hydrogen-bond donors (Lipinski definition) is 0. The van der Waals surface area contributed by atoms with E-state index in [2.05, 4.69) is 4.98 Å². The molecular weight excluding hydrogens is 430 g/mol. The average Bonchev–Trinajstić information content (AvgIpc) is 2.99. The predicted octanol–water partition coefficient (Wildman–Crippen LogP) is 4.60. The molecule has 0 aliphatic heterocycles. The van der Waals surface area contributed by atoms with Crippen LogP contribution in [0.1, 0.15) is 25.1 Å². The number of aromatic nitrogens is 1. The summed E-state index contributed by atoms with van der Waals surface area (Å²) in [5.41, 5.74) is 1.33. The van der Waals surface area contributed by atoms with Gasteiger partial charge in [-0.3, -0.25) is 9.00 Å². The number of amides is 1. The van der Waals surface area contributed by atoms with Crippen molar-refractivity contribution in [1.29, 1.82) is 0 Å². The maximum Gasteiger partial charge on any atom is 0.228 e. The van der Waals surface area contributed by atoms with Gasteiger partial charge in [-0.05, 0) is 62.1 Å². The van der Waals surface area contributed by atoms with E-state index in [0.29, 0.717) is 28.8 Å². The summed E-state index contributed by atoms with van der Waals surface area (Å²) in [6, 6.07) is 10.5. The third kappa shape index (κ3) is 4.61. The topological polar surface area (TPSA) is 76.6 Å². The lowest BCUT2D eigenvalue weighted by molar-refractivity contribution is -0.130. The number of hydrogen-bond acceptors (Lipinski definition) is 5. The number of carbonyl (C=O) groups excluding carboxylic acids is 1. The van der Waals surface area contributed by atoms with Crippen LogP contribution in [-0.2, 0) is 22.5 Å².